The third-order valence-corrected chi connectivity index (χ3v) is 6.47. The SMILES string of the molecule is C.CN(C)CCC[N+](C)(C)CCC[n+]1c2cc(N(C)C)ccc2cc2ccc(N(C)C)cc21. The fourth-order valence-electron chi connectivity index (χ4n) is 4.45. The molecule has 1 aromatic heterocycles. The fourth-order valence-corrected chi connectivity index (χ4v) is 4.45. The van der Waals surface area contributed by atoms with Gasteiger partial charge in [0.2, 0.25) is 11.0 Å². The second-order valence-electron chi connectivity index (χ2n) is 10.5. The summed E-state index contributed by atoms with van der Waals surface area (Å²) >= 11 is 0. The number of rotatable bonds is 10. The Labute approximate surface area is 202 Å². The molecule has 0 radical (unpaired) electrons. The highest BCUT2D eigenvalue weighted by Gasteiger charge is 2.20. The van der Waals surface area contributed by atoms with E-state index in [0.717, 1.165) is 24.0 Å². The van der Waals surface area contributed by atoms with Crippen LogP contribution in [0.3, 0.4) is 0 Å². The van der Waals surface area contributed by atoms with Gasteiger partial charge in [-0.2, -0.15) is 4.57 Å². The van der Waals surface area contributed by atoms with Crippen molar-refractivity contribution in [3.8, 4) is 0 Å². The van der Waals surface area contributed by atoms with Gasteiger partial charge in [-0.1, -0.05) is 7.43 Å². The van der Waals surface area contributed by atoms with Crippen molar-refractivity contribution in [2.24, 2.45) is 0 Å². The molecular weight excluding hydrogens is 406 g/mol. The van der Waals surface area contributed by atoms with Gasteiger partial charge in [0, 0.05) is 75.4 Å². The summed E-state index contributed by atoms with van der Waals surface area (Å²) in [7, 11) is 17.5. The van der Waals surface area contributed by atoms with Gasteiger partial charge in [0.05, 0.1) is 33.6 Å². The first-order chi connectivity index (χ1) is 15.1. The Morgan fingerprint density at radius 1 is 0.697 bits per heavy atom. The van der Waals surface area contributed by atoms with Crippen LogP contribution in [0.25, 0.3) is 21.8 Å². The second-order valence-corrected chi connectivity index (χ2v) is 10.5. The maximum Gasteiger partial charge on any atom is 0.215 e. The zero-order valence-electron chi connectivity index (χ0n) is 21.5. The van der Waals surface area contributed by atoms with Crippen molar-refractivity contribution >= 4 is 33.2 Å². The topological polar surface area (TPSA) is 13.6 Å². The van der Waals surface area contributed by atoms with E-state index < -0.39 is 0 Å². The first-order valence-electron chi connectivity index (χ1n) is 11.8. The van der Waals surface area contributed by atoms with Crippen LogP contribution < -0.4 is 14.4 Å². The minimum Gasteiger partial charge on any atom is -0.377 e. The molecule has 5 heteroatoms. The predicted octanol–water partition coefficient (Wildman–Crippen LogP) is 4.47. The van der Waals surface area contributed by atoms with Gasteiger partial charge in [-0.25, -0.2) is 0 Å². The largest absolute Gasteiger partial charge is 0.377 e. The average molecular weight is 454 g/mol. The summed E-state index contributed by atoms with van der Waals surface area (Å²) in [6.07, 6.45) is 2.40. The molecule has 0 fully saturated rings. The van der Waals surface area contributed by atoms with Gasteiger partial charge in [0.25, 0.3) is 0 Å². The minimum atomic E-state index is 0. The van der Waals surface area contributed by atoms with Crippen molar-refractivity contribution < 1.29 is 9.05 Å². The van der Waals surface area contributed by atoms with Crippen LogP contribution in [0.2, 0.25) is 0 Å². The fraction of sp³-hybridized carbons (Fsp3) is 0.536. The first kappa shape index (κ1) is 26.9. The van der Waals surface area contributed by atoms with Gasteiger partial charge in [-0.15, -0.1) is 0 Å². The number of quaternary nitrogens is 1. The molecule has 1 heterocycles. The molecule has 0 atom stereocenters. The molecule has 0 saturated carbocycles. The maximum absolute atomic E-state index is 2.55. The Kier molecular flexibility index (Phi) is 9.10. The van der Waals surface area contributed by atoms with Crippen LogP contribution >= 0.6 is 0 Å². The van der Waals surface area contributed by atoms with Crippen molar-refractivity contribution in [2.75, 3.05) is 85.8 Å². The van der Waals surface area contributed by atoms with Crippen LogP contribution in [0.5, 0.6) is 0 Å². The highest BCUT2D eigenvalue weighted by atomic mass is 15.3. The van der Waals surface area contributed by atoms with E-state index in [4.69, 9.17) is 0 Å². The van der Waals surface area contributed by atoms with Gasteiger partial charge < -0.3 is 19.2 Å². The zero-order valence-corrected chi connectivity index (χ0v) is 21.5. The number of benzene rings is 2. The molecule has 0 unspecified atom stereocenters. The molecular formula is C28H47N5+2. The minimum absolute atomic E-state index is 0. The maximum atomic E-state index is 2.55. The lowest BCUT2D eigenvalue weighted by atomic mass is 10.1. The van der Waals surface area contributed by atoms with Gasteiger partial charge in [0.15, 0.2) is 6.54 Å². The Balaban J connectivity index is 0.00000385. The number of pyridine rings is 1. The van der Waals surface area contributed by atoms with Crippen LogP contribution in [0, 0.1) is 0 Å². The summed E-state index contributed by atoms with van der Waals surface area (Å²) in [6, 6.07) is 16.0. The summed E-state index contributed by atoms with van der Waals surface area (Å²) < 4.78 is 3.62. The molecule has 5 nitrogen and oxygen atoms in total. The van der Waals surface area contributed by atoms with Crippen LogP contribution in [-0.2, 0) is 6.54 Å². The number of nitrogens with zero attached hydrogens (tertiary/aromatic N) is 5. The van der Waals surface area contributed by atoms with Crippen LogP contribution in [0.4, 0.5) is 11.4 Å². The number of aromatic nitrogens is 1. The third kappa shape index (κ3) is 6.81. The number of anilines is 2. The van der Waals surface area contributed by atoms with Crippen LogP contribution in [0.15, 0.2) is 42.5 Å². The Hall–Kier alpha value is -2.37. The normalized spacial score (nSPS) is 11.8. The lowest BCUT2D eigenvalue weighted by molar-refractivity contribution is -0.892. The van der Waals surface area contributed by atoms with Crippen LogP contribution in [-0.4, -0.2) is 85.4 Å². The summed E-state index contributed by atoms with van der Waals surface area (Å²) in [4.78, 5) is 6.66. The lowest BCUT2D eigenvalue weighted by Gasteiger charge is -2.30. The third-order valence-electron chi connectivity index (χ3n) is 6.47. The van der Waals surface area contributed by atoms with Crippen LogP contribution in [0.1, 0.15) is 20.3 Å². The molecule has 3 rings (SSSR count). The van der Waals surface area contributed by atoms with Crippen molar-refractivity contribution in [1.29, 1.82) is 0 Å². The summed E-state index contributed by atoms with van der Waals surface area (Å²) in [5, 5.41) is 2.61. The quantitative estimate of drug-likeness (QED) is 0.256. The zero-order chi connectivity index (χ0) is 23.5. The van der Waals surface area contributed by atoms with E-state index in [1.54, 1.807) is 0 Å². The second kappa shape index (κ2) is 11.2. The van der Waals surface area contributed by atoms with Crippen molar-refractivity contribution in [1.82, 2.24) is 4.90 Å². The molecule has 33 heavy (non-hydrogen) atoms. The van der Waals surface area contributed by atoms with E-state index >= 15 is 0 Å². The molecule has 0 saturated heterocycles. The molecule has 0 aliphatic heterocycles. The number of fused-ring (bicyclic) bond motifs is 2. The summed E-state index contributed by atoms with van der Waals surface area (Å²) in [6.45, 7) is 4.58. The summed E-state index contributed by atoms with van der Waals surface area (Å²) in [5.41, 5.74) is 5.12. The van der Waals surface area contributed by atoms with E-state index in [-0.39, 0.29) is 7.43 Å². The van der Waals surface area contributed by atoms with E-state index in [2.05, 4.69) is 118 Å². The van der Waals surface area contributed by atoms with E-state index in [1.165, 1.54) is 52.7 Å². The molecule has 0 aliphatic rings. The van der Waals surface area contributed by atoms with Crippen molar-refractivity contribution in [3.63, 3.8) is 0 Å². The first-order valence-corrected chi connectivity index (χ1v) is 11.8. The highest BCUT2D eigenvalue weighted by molar-refractivity contribution is 5.91. The van der Waals surface area contributed by atoms with E-state index in [9.17, 15) is 0 Å². The molecule has 2 aromatic carbocycles. The Morgan fingerprint density at radius 2 is 1.18 bits per heavy atom. The predicted molar refractivity (Wildman–Crippen MR) is 147 cm³/mol. The molecule has 0 bridgehead atoms. The monoisotopic (exact) mass is 453 g/mol. The molecule has 3 aromatic rings. The van der Waals surface area contributed by atoms with E-state index in [1.807, 2.05) is 0 Å². The van der Waals surface area contributed by atoms with Gasteiger partial charge in [-0.3, -0.25) is 0 Å². The standard InChI is InChI=1S/C27H43N5.CH4/c1-28(2)15-9-17-32(7,8)18-10-16-31-26-20-24(29(3)4)13-11-22(26)19-23-12-14-25(30(5)6)21-27(23)31;/h11-14,19-21H,9-10,15-18H2,1-8H3;1H4/q+2;. The van der Waals surface area contributed by atoms with Gasteiger partial charge in [0.1, 0.15) is 0 Å². The Morgan fingerprint density at radius 3 is 1.64 bits per heavy atom. The number of hydrogen-bond donors (Lipinski definition) is 0. The van der Waals surface area contributed by atoms with Gasteiger partial charge >= 0.3 is 0 Å². The summed E-state index contributed by atoms with van der Waals surface area (Å²) in [5.74, 6) is 0. The number of hydrogen-bond acceptors (Lipinski definition) is 3. The molecule has 0 aliphatic carbocycles. The molecule has 0 amide bonds. The van der Waals surface area contributed by atoms with Crippen molar-refractivity contribution in [3.05, 3.63) is 42.5 Å². The van der Waals surface area contributed by atoms with Gasteiger partial charge in [-0.05, 0) is 44.4 Å². The highest BCUT2D eigenvalue weighted by Crippen LogP contribution is 2.25. The lowest BCUT2D eigenvalue weighted by Crippen LogP contribution is -2.44. The number of aryl methyl sites for hydroxylation is 1. The molecule has 0 N–H and O–H groups in total. The molecule has 182 valence electrons. The Bertz CT molecular complexity index is 987. The molecule has 0 spiro atoms. The average Bonchev–Trinajstić information content (AvgIpc) is 2.71. The van der Waals surface area contributed by atoms with Crippen molar-refractivity contribution in [2.45, 2.75) is 26.8 Å². The smallest absolute Gasteiger partial charge is 0.215 e. The van der Waals surface area contributed by atoms with E-state index in [0.29, 0.717) is 0 Å².